The van der Waals surface area contributed by atoms with Gasteiger partial charge in [-0.2, -0.15) is 5.10 Å². The second kappa shape index (κ2) is 6.79. The number of methoxy groups -OCH3 is 1. The lowest BCUT2D eigenvalue weighted by Crippen LogP contribution is -2.31. The first-order valence-corrected chi connectivity index (χ1v) is 8.13. The van der Waals surface area contributed by atoms with Gasteiger partial charge in [-0.25, -0.2) is 0 Å². The normalized spacial score (nSPS) is 12.2. The molecule has 1 unspecified atom stereocenters. The Morgan fingerprint density at radius 1 is 1.31 bits per heavy atom. The second-order valence-corrected chi connectivity index (χ2v) is 5.72. The molecule has 0 saturated carbocycles. The summed E-state index contributed by atoms with van der Waals surface area (Å²) < 4.78 is 18.2. The minimum Gasteiger partial charge on any atom is -0.493 e. The molecular formula is C19H17N3O4. The molecule has 0 bridgehead atoms. The number of nitrogens with zero attached hydrogens (tertiary/aromatic N) is 2. The molecule has 7 nitrogen and oxygen atoms in total. The number of para-hydroxylation sites is 1. The minimum absolute atomic E-state index is 0.225. The standard InChI is InChI=1S/C19H17N3O4/c1-24-16-6-2-5-13-11-17(26-18(13)16)19(23)20-12-14(15-7-3-10-25-15)22-9-4-8-21-22/h2-11,14H,12H2,1H3,(H,20,23). The van der Waals surface area contributed by atoms with Crippen molar-refractivity contribution in [3.63, 3.8) is 0 Å². The molecule has 4 rings (SSSR count). The molecule has 1 amide bonds. The average molecular weight is 351 g/mol. The maximum absolute atomic E-state index is 12.6. The van der Waals surface area contributed by atoms with E-state index in [0.29, 0.717) is 23.6 Å². The second-order valence-electron chi connectivity index (χ2n) is 5.72. The molecule has 0 radical (unpaired) electrons. The number of hydrogen-bond donors (Lipinski definition) is 1. The van der Waals surface area contributed by atoms with E-state index in [2.05, 4.69) is 10.4 Å². The maximum Gasteiger partial charge on any atom is 0.287 e. The van der Waals surface area contributed by atoms with Crippen LogP contribution in [0.3, 0.4) is 0 Å². The number of carbonyl (C=O) groups excluding carboxylic acids is 1. The molecule has 0 saturated heterocycles. The van der Waals surface area contributed by atoms with Crippen LogP contribution in [0.25, 0.3) is 11.0 Å². The van der Waals surface area contributed by atoms with Crippen molar-refractivity contribution in [1.29, 1.82) is 0 Å². The van der Waals surface area contributed by atoms with E-state index in [4.69, 9.17) is 13.6 Å². The Bertz CT molecular complexity index is 969. The Balaban J connectivity index is 1.54. The lowest BCUT2D eigenvalue weighted by molar-refractivity contribution is 0.0922. The third kappa shape index (κ3) is 2.95. The van der Waals surface area contributed by atoms with Crippen molar-refractivity contribution in [2.75, 3.05) is 13.7 Å². The van der Waals surface area contributed by atoms with Gasteiger partial charge in [0.05, 0.1) is 13.4 Å². The highest BCUT2D eigenvalue weighted by molar-refractivity contribution is 5.97. The van der Waals surface area contributed by atoms with Gasteiger partial charge in [-0.15, -0.1) is 0 Å². The lowest BCUT2D eigenvalue weighted by atomic mass is 10.2. The van der Waals surface area contributed by atoms with Gasteiger partial charge in [-0.05, 0) is 30.3 Å². The summed E-state index contributed by atoms with van der Waals surface area (Å²) in [7, 11) is 1.56. The molecule has 1 atom stereocenters. The van der Waals surface area contributed by atoms with E-state index in [9.17, 15) is 4.79 Å². The van der Waals surface area contributed by atoms with Crippen LogP contribution in [0, 0.1) is 0 Å². The molecule has 4 aromatic rings. The zero-order chi connectivity index (χ0) is 17.9. The van der Waals surface area contributed by atoms with Crippen molar-refractivity contribution in [2.24, 2.45) is 0 Å². The largest absolute Gasteiger partial charge is 0.493 e. The van der Waals surface area contributed by atoms with Crippen molar-refractivity contribution in [3.8, 4) is 5.75 Å². The van der Waals surface area contributed by atoms with E-state index in [1.54, 1.807) is 42.5 Å². The Labute approximate surface area is 149 Å². The van der Waals surface area contributed by atoms with Crippen LogP contribution in [0.2, 0.25) is 0 Å². The third-order valence-corrected chi connectivity index (χ3v) is 4.12. The average Bonchev–Trinajstić information content (AvgIpc) is 3.41. The quantitative estimate of drug-likeness (QED) is 0.577. The van der Waals surface area contributed by atoms with Crippen LogP contribution < -0.4 is 10.1 Å². The van der Waals surface area contributed by atoms with Gasteiger partial charge in [0, 0.05) is 24.3 Å². The van der Waals surface area contributed by atoms with Crippen LogP contribution in [-0.4, -0.2) is 29.3 Å². The first kappa shape index (κ1) is 16.0. The molecule has 132 valence electrons. The van der Waals surface area contributed by atoms with Crippen molar-refractivity contribution < 1.29 is 18.4 Å². The van der Waals surface area contributed by atoms with Crippen molar-refractivity contribution in [3.05, 3.63) is 72.6 Å². The summed E-state index contributed by atoms with van der Waals surface area (Å²) in [5.74, 6) is 1.21. The molecule has 26 heavy (non-hydrogen) atoms. The minimum atomic E-state index is -0.313. The fraction of sp³-hybridized carbons (Fsp3) is 0.158. The molecule has 0 aliphatic rings. The number of hydrogen-bond acceptors (Lipinski definition) is 5. The Morgan fingerprint density at radius 3 is 2.96 bits per heavy atom. The SMILES string of the molecule is COc1cccc2cc(C(=O)NCC(c3ccco3)n3cccn3)oc12. The number of carbonyl (C=O) groups is 1. The summed E-state index contributed by atoms with van der Waals surface area (Å²) in [6, 6.07) is 12.4. The van der Waals surface area contributed by atoms with E-state index in [0.717, 1.165) is 5.39 Å². The maximum atomic E-state index is 12.6. The Hall–Kier alpha value is -3.48. The first-order valence-electron chi connectivity index (χ1n) is 8.13. The number of nitrogens with one attached hydrogen (secondary N) is 1. The third-order valence-electron chi connectivity index (χ3n) is 4.12. The topological polar surface area (TPSA) is 82.4 Å². The number of amides is 1. The Kier molecular flexibility index (Phi) is 4.18. The van der Waals surface area contributed by atoms with E-state index in [1.807, 2.05) is 30.5 Å². The fourth-order valence-electron chi connectivity index (χ4n) is 2.86. The highest BCUT2D eigenvalue weighted by Gasteiger charge is 2.20. The summed E-state index contributed by atoms with van der Waals surface area (Å²) in [5, 5.41) is 7.94. The van der Waals surface area contributed by atoms with Crippen molar-refractivity contribution >= 4 is 16.9 Å². The summed E-state index contributed by atoms with van der Waals surface area (Å²) >= 11 is 0. The van der Waals surface area contributed by atoms with E-state index < -0.39 is 0 Å². The molecule has 1 aromatic carbocycles. The van der Waals surface area contributed by atoms with Crippen molar-refractivity contribution in [2.45, 2.75) is 6.04 Å². The summed E-state index contributed by atoms with van der Waals surface area (Å²) in [6.07, 6.45) is 5.11. The number of rotatable bonds is 6. The van der Waals surface area contributed by atoms with Crippen LogP contribution in [-0.2, 0) is 0 Å². The van der Waals surface area contributed by atoms with Crippen LogP contribution in [0.4, 0.5) is 0 Å². The number of fused-ring (bicyclic) bond motifs is 1. The summed E-state index contributed by atoms with van der Waals surface area (Å²) in [4.78, 5) is 12.6. The van der Waals surface area contributed by atoms with Gasteiger partial charge in [-0.1, -0.05) is 12.1 Å². The highest BCUT2D eigenvalue weighted by atomic mass is 16.5. The fourth-order valence-corrected chi connectivity index (χ4v) is 2.86. The molecule has 0 fully saturated rings. The van der Waals surface area contributed by atoms with Gasteiger partial charge in [0.25, 0.3) is 5.91 Å². The zero-order valence-electron chi connectivity index (χ0n) is 14.1. The van der Waals surface area contributed by atoms with Gasteiger partial charge in [0.2, 0.25) is 0 Å². The van der Waals surface area contributed by atoms with Crippen LogP contribution in [0.1, 0.15) is 22.4 Å². The van der Waals surface area contributed by atoms with Crippen LogP contribution in [0.15, 0.2) is 70.0 Å². The highest BCUT2D eigenvalue weighted by Crippen LogP contribution is 2.28. The van der Waals surface area contributed by atoms with Gasteiger partial charge >= 0.3 is 0 Å². The predicted molar refractivity (Wildman–Crippen MR) is 94.2 cm³/mol. The number of benzene rings is 1. The first-order chi connectivity index (χ1) is 12.8. The zero-order valence-corrected chi connectivity index (χ0v) is 14.1. The predicted octanol–water partition coefficient (Wildman–Crippen LogP) is 3.25. The van der Waals surface area contributed by atoms with Gasteiger partial charge < -0.3 is 18.9 Å². The summed E-state index contributed by atoms with van der Waals surface area (Å²) in [6.45, 7) is 0.308. The molecule has 0 aliphatic heterocycles. The van der Waals surface area contributed by atoms with Gasteiger partial charge in [0.15, 0.2) is 17.1 Å². The smallest absolute Gasteiger partial charge is 0.287 e. The van der Waals surface area contributed by atoms with E-state index in [-0.39, 0.29) is 17.7 Å². The number of aromatic nitrogens is 2. The van der Waals surface area contributed by atoms with Crippen molar-refractivity contribution in [1.82, 2.24) is 15.1 Å². The lowest BCUT2D eigenvalue weighted by Gasteiger charge is -2.15. The molecule has 3 aromatic heterocycles. The van der Waals surface area contributed by atoms with E-state index >= 15 is 0 Å². The molecule has 7 heteroatoms. The van der Waals surface area contributed by atoms with Crippen LogP contribution in [0.5, 0.6) is 5.75 Å². The van der Waals surface area contributed by atoms with Crippen LogP contribution >= 0.6 is 0 Å². The van der Waals surface area contributed by atoms with E-state index in [1.165, 1.54) is 0 Å². The molecule has 3 heterocycles. The summed E-state index contributed by atoms with van der Waals surface area (Å²) in [5.41, 5.74) is 0.551. The van der Waals surface area contributed by atoms with Gasteiger partial charge in [0.1, 0.15) is 11.8 Å². The molecular weight excluding hydrogens is 334 g/mol. The number of furan rings is 2. The molecule has 1 N–H and O–H groups in total. The Morgan fingerprint density at radius 2 is 2.23 bits per heavy atom. The monoisotopic (exact) mass is 351 g/mol. The van der Waals surface area contributed by atoms with Gasteiger partial charge in [-0.3, -0.25) is 9.48 Å². The molecule has 0 spiro atoms. The molecule has 0 aliphatic carbocycles. The number of ether oxygens (including phenoxy) is 1.